The van der Waals surface area contributed by atoms with Crippen molar-refractivity contribution < 1.29 is 9.84 Å². The first-order valence-corrected chi connectivity index (χ1v) is 3.59. The van der Waals surface area contributed by atoms with Gasteiger partial charge in [-0.15, -0.1) is 24.8 Å². The summed E-state index contributed by atoms with van der Waals surface area (Å²) >= 11 is 0. The molecule has 82 valence electrons. The van der Waals surface area contributed by atoms with E-state index in [-0.39, 0.29) is 24.8 Å². The maximum Gasteiger partial charge on any atom is 0.194 e. The number of rotatable bonds is 2. The highest BCUT2D eigenvalue weighted by Gasteiger charge is 2.03. The molecule has 1 atom stereocenters. The molecule has 4 nitrogen and oxygen atoms in total. The second kappa shape index (κ2) is 6.59. The standard InChI is InChI=1S/C8H12N2O2.2ClH/c1-5(11)12-8-4-6(9)2-3-7(8)10;;/h2-5,11H,9-10H2,1H3;2*1H. The minimum absolute atomic E-state index is 0. The number of nitrogens with two attached hydrogens (primary N) is 2. The summed E-state index contributed by atoms with van der Waals surface area (Å²) < 4.78 is 4.98. The third-order valence-corrected chi connectivity index (χ3v) is 1.34. The van der Waals surface area contributed by atoms with Gasteiger partial charge in [0.2, 0.25) is 0 Å². The lowest BCUT2D eigenvalue weighted by Gasteiger charge is -2.11. The number of hydrogen-bond acceptors (Lipinski definition) is 4. The summed E-state index contributed by atoms with van der Waals surface area (Å²) in [5, 5.41) is 8.90. The van der Waals surface area contributed by atoms with E-state index in [1.807, 2.05) is 0 Å². The van der Waals surface area contributed by atoms with Crippen LogP contribution in [0.25, 0.3) is 0 Å². The molecule has 0 spiro atoms. The monoisotopic (exact) mass is 240 g/mol. The summed E-state index contributed by atoms with van der Waals surface area (Å²) in [5.74, 6) is 0.407. The van der Waals surface area contributed by atoms with Crippen LogP contribution >= 0.6 is 24.8 Å². The van der Waals surface area contributed by atoms with E-state index in [9.17, 15) is 0 Å². The minimum Gasteiger partial charge on any atom is -0.463 e. The zero-order valence-electron chi connectivity index (χ0n) is 7.64. The molecule has 14 heavy (non-hydrogen) atoms. The Morgan fingerprint density at radius 2 is 1.86 bits per heavy atom. The van der Waals surface area contributed by atoms with E-state index < -0.39 is 6.29 Å². The molecule has 0 saturated heterocycles. The zero-order chi connectivity index (χ0) is 9.14. The van der Waals surface area contributed by atoms with Crippen molar-refractivity contribution in [2.45, 2.75) is 13.2 Å². The van der Waals surface area contributed by atoms with Gasteiger partial charge in [0.25, 0.3) is 0 Å². The molecule has 1 unspecified atom stereocenters. The van der Waals surface area contributed by atoms with Crippen molar-refractivity contribution in [1.82, 2.24) is 0 Å². The Hall–Kier alpha value is -0.840. The largest absolute Gasteiger partial charge is 0.463 e. The van der Waals surface area contributed by atoms with Gasteiger partial charge >= 0.3 is 0 Å². The maximum absolute atomic E-state index is 8.90. The van der Waals surface area contributed by atoms with Gasteiger partial charge in [0.05, 0.1) is 5.69 Å². The third-order valence-electron chi connectivity index (χ3n) is 1.34. The van der Waals surface area contributed by atoms with Gasteiger partial charge in [0.1, 0.15) is 5.75 Å². The van der Waals surface area contributed by atoms with E-state index in [1.165, 1.54) is 6.92 Å². The molecular weight excluding hydrogens is 227 g/mol. The summed E-state index contributed by atoms with van der Waals surface area (Å²) in [7, 11) is 0. The third kappa shape index (κ3) is 4.41. The molecule has 0 amide bonds. The van der Waals surface area contributed by atoms with Crippen LogP contribution < -0.4 is 16.2 Å². The number of benzene rings is 1. The molecule has 5 N–H and O–H groups in total. The van der Waals surface area contributed by atoms with Crippen LogP contribution in [0.5, 0.6) is 5.75 Å². The molecule has 6 heteroatoms. The summed E-state index contributed by atoms with van der Waals surface area (Å²) in [6, 6.07) is 4.87. The molecule has 0 saturated carbocycles. The zero-order valence-corrected chi connectivity index (χ0v) is 9.27. The molecule has 1 rings (SSSR count). The second-order valence-electron chi connectivity index (χ2n) is 2.51. The van der Waals surface area contributed by atoms with E-state index in [0.29, 0.717) is 17.1 Å². The fraction of sp³-hybridized carbons (Fsp3) is 0.250. The Morgan fingerprint density at radius 1 is 1.29 bits per heavy atom. The van der Waals surface area contributed by atoms with Crippen LogP contribution in [0.3, 0.4) is 0 Å². The quantitative estimate of drug-likeness (QED) is 0.540. The number of nitrogen functional groups attached to an aromatic ring is 2. The van der Waals surface area contributed by atoms with Gasteiger partial charge in [-0.3, -0.25) is 0 Å². The summed E-state index contributed by atoms with van der Waals surface area (Å²) in [4.78, 5) is 0. The SMILES string of the molecule is CC(O)Oc1cc(N)ccc1N.Cl.Cl. The number of aliphatic hydroxyl groups is 1. The molecule has 0 aliphatic carbocycles. The lowest BCUT2D eigenvalue weighted by atomic mass is 10.2. The molecular formula is C8H14Cl2N2O2. The fourth-order valence-corrected chi connectivity index (χ4v) is 0.837. The predicted molar refractivity (Wildman–Crippen MR) is 62.1 cm³/mol. The predicted octanol–water partition coefficient (Wildman–Crippen LogP) is 1.41. The van der Waals surface area contributed by atoms with Gasteiger partial charge in [-0.25, -0.2) is 0 Å². The van der Waals surface area contributed by atoms with Crippen LogP contribution in [0.4, 0.5) is 11.4 Å². The highest BCUT2D eigenvalue weighted by Crippen LogP contribution is 2.24. The van der Waals surface area contributed by atoms with Gasteiger partial charge in [-0.05, 0) is 19.1 Å². The van der Waals surface area contributed by atoms with E-state index in [4.69, 9.17) is 21.3 Å². The Morgan fingerprint density at radius 3 is 2.36 bits per heavy atom. The molecule has 1 aromatic carbocycles. The number of halogens is 2. The van der Waals surface area contributed by atoms with Crippen LogP contribution in [0.2, 0.25) is 0 Å². The lowest BCUT2D eigenvalue weighted by Crippen LogP contribution is -2.11. The van der Waals surface area contributed by atoms with Crippen LogP contribution in [-0.2, 0) is 0 Å². The topological polar surface area (TPSA) is 81.5 Å². The van der Waals surface area contributed by atoms with E-state index in [0.717, 1.165) is 0 Å². The Kier molecular flexibility index (Phi) is 7.35. The Balaban J connectivity index is 0. The van der Waals surface area contributed by atoms with Gasteiger partial charge in [-0.1, -0.05) is 0 Å². The molecule has 0 bridgehead atoms. The van der Waals surface area contributed by atoms with E-state index >= 15 is 0 Å². The van der Waals surface area contributed by atoms with Crippen molar-refractivity contribution in [3.8, 4) is 5.75 Å². The molecule has 0 heterocycles. The summed E-state index contributed by atoms with van der Waals surface area (Å²) in [6.07, 6.45) is -0.880. The van der Waals surface area contributed by atoms with Gasteiger partial charge in [-0.2, -0.15) is 0 Å². The highest BCUT2D eigenvalue weighted by atomic mass is 35.5. The Labute approximate surface area is 95.1 Å². The first-order valence-electron chi connectivity index (χ1n) is 3.59. The molecule has 0 fully saturated rings. The highest BCUT2D eigenvalue weighted by molar-refractivity contribution is 5.85. The van der Waals surface area contributed by atoms with Crippen LogP contribution in [0, 0.1) is 0 Å². The van der Waals surface area contributed by atoms with Crippen molar-refractivity contribution in [3.05, 3.63) is 18.2 Å². The van der Waals surface area contributed by atoms with Gasteiger partial charge in [0.15, 0.2) is 6.29 Å². The molecule has 0 aliphatic heterocycles. The number of ether oxygens (including phenoxy) is 1. The summed E-state index contributed by atoms with van der Waals surface area (Å²) in [6.45, 7) is 1.50. The van der Waals surface area contributed by atoms with Gasteiger partial charge < -0.3 is 21.3 Å². The number of anilines is 2. The normalized spacial score (nSPS) is 10.7. The molecule has 0 aromatic heterocycles. The average molecular weight is 241 g/mol. The van der Waals surface area contributed by atoms with Crippen LogP contribution in [-0.4, -0.2) is 11.4 Å². The number of hydrogen-bond donors (Lipinski definition) is 3. The minimum atomic E-state index is -0.880. The van der Waals surface area contributed by atoms with Crippen molar-refractivity contribution in [1.29, 1.82) is 0 Å². The molecule has 0 aliphatic rings. The lowest BCUT2D eigenvalue weighted by molar-refractivity contribution is 0.000327. The van der Waals surface area contributed by atoms with E-state index in [1.54, 1.807) is 18.2 Å². The smallest absolute Gasteiger partial charge is 0.194 e. The van der Waals surface area contributed by atoms with E-state index in [2.05, 4.69) is 0 Å². The first-order chi connectivity index (χ1) is 5.59. The van der Waals surface area contributed by atoms with Gasteiger partial charge in [0, 0.05) is 11.8 Å². The van der Waals surface area contributed by atoms with Crippen molar-refractivity contribution in [2.24, 2.45) is 0 Å². The van der Waals surface area contributed by atoms with Crippen LogP contribution in [0.1, 0.15) is 6.92 Å². The Bertz CT molecular complexity index is 282. The van der Waals surface area contributed by atoms with Crippen molar-refractivity contribution in [2.75, 3.05) is 11.5 Å². The fourth-order valence-electron chi connectivity index (χ4n) is 0.837. The van der Waals surface area contributed by atoms with Crippen LogP contribution in [0.15, 0.2) is 18.2 Å². The second-order valence-corrected chi connectivity index (χ2v) is 2.51. The average Bonchev–Trinajstić information content (AvgIpc) is 1.96. The molecule has 0 radical (unpaired) electrons. The maximum atomic E-state index is 8.90. The van der Waals surface area contributed by atoms with Crippen molar-refractivity contribution in [3.63, 3.8) is 0 Å². The molecule has 1 aromatic rings. The first kappa shape index (κ1) is 15.6. The number of aliphatic hydroxyl groups excluding tert-OH is 1. The summed E-state index contributed by atoms with van der Waals surface area (Å²) in [5.41, 5.74) is 12.1. The van der Waals surface area contributed by atoms with Crippen molar-refractivity contribution >= 4 is 36.2 Å².